The molecule has 0 fully saturated rings. The van der Waals surface area contributed by atoms with Gasteiger partial charge in [0, 0.05) is 11.5 Å². The first kappa shape index (κ1) is 13.3. The minimum Gasteiger partial charge on any atom is -0.490 e. The molecule has 0 atom stereocenters. The molecule has 0 saturated heterocycles. The van der Waals surface area contributed by atoms with Crippen LogP contribution in [-0.2, 0) is 4.74 Å². The van der Waals surface area contributed by atoms with Crippen LogP contribution in [0.5, 0.6) is 5.75 Å². The molecule has 0 amide bonds. The molecular formula is C15H17NO3. The monoisotopic (exact) mass is 259 g/mol. The SMILES string of the molecule is COC(=O)c1cc(OC(C)C)c2cc(C)ccc2n1. The van der Waals surface area contributed by atoms with E-state index in [0.717, 1.165) is 16.5 Å². The second-order valence-corrected chi connectivity index (χ2v) is 4.68. The molecular weight excluding hydrogens is 242 g/mol. The Balaban J connectivity index is 2.65. The molecule has 19 heavy (non-hydrogen) atoms. The van der Waals surface area contributed by atoms with Gasteiger partial charge in [-0.15, -0.1) is 0 Å². The molecule has 0 aliphatic carbocycles. The number of rotatable bonds is 3. The molecule has 0 bridgehead atoms. The van der Waals surface area contributed by atoms with E-state index in [2.05, 4.69) is 4.98 Å². The zero-order chi connectivity index (χ0) is 14.0. The molecule has 0 aliphatic rings. The van der Waals surface area contributed by atoms with E-state index in [4.69, 9.17) is 9.47 Å². The molecule has 4 heteroatoms. The van der Waals surface area contributed by atoms with Crippen molar-refractivity contribution in [2.24, 2.45) is 0 Å². The Kier molecular flexibility index (Phi) is 3.69. The second kappa shape index (κ2) is 5.26. The summed E-state index contributed by atoms with van der Waals surface area (Å²) in [6, 6.07) is 7.47. The number of hydrogen-bond donors (Lipinski definition) is 0. The van der Waals surface area contributed by atoms with Crippen molar-refractivity contribution in [2.45, 2.75) is 26.9 Å². The molecule has 0 spiro atoms. The van der Waals surface area contributed by atoms with Gasteiger partial charge in [0.05, 0.1) is 18.7 Å². The molecule has 100 valence electrons. The molecule has 0 radical (unpaired) electrons. The minimum atomic E-state index is -0.462. The highest BCUT2D eigenvalue weighted by molar-refractivity contribution is 5.94. The van der Waals surface area contributed by atoms with E-state index >= 15 is 0 Å². The Hall–Kier alpha value is -2.10. The molecule has 0 aliphatic heterocycles. The van der Waals surface area contributed by atoms with Crippen molar-refractivity contribution in [3.63, 3.8) is 0 Å². The summed E-state index contributed by atoms with van der Waals surface area (Å²) in [6.07, 6.45) is 0.0246. The van der Waals surface area contributed by atoms with Crippen LogP contribution in [0.4, 0.5) is 0 Å². The van der Waals surface area contributed by atoms with E-state index in [0.29, 0.717) is 5.75 Å². The summed E-state index contributed by atoms with van der Waals surface area (Å²) >= 11 is 0. The third-order valence-corrected chi connectivity index (χ3v) is 2.68. The molecule has 0 unspecified atom stereocenters. The fourth-order valence-corrected chi connectivity index (χ4v) is 1.87. The van der Waals surface area contributed by atoms with Gasteiger partial charge in [0.2, 0.25) is 0 Å². The van der Waals surface area contributed by atoms with E-state index in [1.807, 2.05) is 39.0 Å². The zero-order valence-corrected chi connectivity index (χ0v) is 11.6. The fraction of sp³-hybridized carbons (Fsp3) is 0.333. The van der Waals surface area contributed by atoms with E-state index in [1.54, 1.807) is 6.07 Å². The summed E-state index contributed by atoms with van der Waals surface area (Å²) in [7, 11) is 1.34. The highest BCUT2D eigenvalue weighted by atomic mass is 16.5. The van der Waals surface area contributed by atoms with Gasteiger partial charge in [-0.3, -0.25) is 0 Å². The molecule has 4 nitrogen and oxygen atoms in total. The summed E-state index contributed by atoms with van der Waals surface area (Å²) in [4.78, 5) is 15.9. The van der Waals surface area contributed by atoms with Crippen molar-refractivity contribution in [2.75, 3.05) is 7.11 Å². The van der Waals surface area contributed by atoms with Gasteiger partial charge in [0.1, 0.15) is 5.75 Å². The van der Waals surface area contributed by atoms with Crippen LogP contribution in [-0.4, -0.2) is 24.2 Å². The third kappa shape index (κ3) is 2.84. The Labute approximate surface area is 112 Å². The summed E-state index contributed by atoms with van der Waals surface area (Å²) in [5, 5.41) is 0.904. The van der Waals surface area contributed by atoms with Gasteiger partial charge in [0.25, 0.3) is 0 Å². The molecule has 2 aromatic rings. The van der Waals surface area contributed by atoms with Crippen molar-refractivity contribution < 1.29 is 14.3 Å². The smallest absolute Gasteiger partial charge is 0.356 e. The second-order valence-electron chi connectivity index (χ2n) is 4.68. The first-order valence-corrected chi connectivity index (χ1v) is 6.17. The van der Waals surface area contributed by atoms with Gasteiger partial charge in [-0.1, -0.05) is 11.6 Å². The van der Waals surface area contributed by atoms with Crippen LogP contribution in [0.15, 0.2) is 24.3 Å². The number of carbonyl (C=O) groups is 1. The highest BCUT2D eigenvalue weighted by Gasteiger charge is 2.14. The first-order valence-electron chi connectivity index (χ1n) is 6.17. The number of esters is 1. The Morgan fingerprint density at radius 3 is 2.63 bits per heavy atom. The fourth-order valence-electron chi connectivity index (χ4n) is 1.87. The zero-order valence-electron chi connectivity index (χ0n) is 11.6. The number of hydrogen-bond acceptors (Lipinski definition) is 4. The van der Waals surface area contributed by atoms with Crippen LogP contribution in [0.25, 0.3) is 10.9 Å². The van der Waals surface area contributed by atoms with Crippen molar-refractivity contribution in [3.8, 4) is 5.75 Å². The van der Waals surface area contributed by atoms with Gasteiger partial charge < -0.3 is 9.47 Å². The highest BCUT2D eigenvalue weighted by Crippen LogP contribution is 2.27. The maximum absolute atomic E-state index is 11.6. The van der Waals surface area contributed by atoms with Crippen LogP contribution in [0.3, 0.4) is 0 Å². The summed E-state index contributed by atoms with van der Waals surface area (Å²) in [6.45, 7) is 5.90. The number of carbonyl (C=O) groups excluding carboxylic acids is 1. The van der Waals surface area contributed by atoms with Crippen molar-refractivity contribution in [1.29, 1.82) is 0 Å². The number of nitrogens with zero attached hydrogens (tertiary/aromatic N) is 1. The van der Waals surface area contributed by atoms with E-state index in [9.17, 15) is 4.79 Å². The van der Waals surface area contributed by atoms with Crippen LogP contribution in [0.1, 0.15) is 29.9 Å². The summed E-state index contributed by atoms with van der Waals surface area (Å²) < 4.78 is 10.5. The number of aryl methyl sites for hydroxylation is 1. The topological polar surface area (TPSA) is 48.4 Å². The predicted molar refractivity (Wildman–Crippen MR) is 73.6 cm³/mol. The van der Waals surface area contributed by atoms with Crippen LogP contribution < -0.4 is 4.74 Å². The van der Waals surface area contributed by atoms with Crippen molar-refractivity contribution in [3.05, 3.63) is 35.5 Å². The van der Waals surface area contributed by atoms with E-state index < -0.39 is 5.97 Å². The third-order valence-electron chi connectivity index (χ3n) is 2.68. The van der Waals surface area contributed by atoms with E-state index in [1.165, 1.54) is 7.11 Å². The largest absolute Gasteiger partial charge is 0.490 e. The van der Waals surface area contributed by atoms with E-state index in [-0.39, 0.29) is 11.8 Å². The predicted octanol–water partition coefficient (Wildman–Crippen LogP) is 3.12. The molecule has 0 saturated carbocycles. The van der Waals surface area contributed by atoms with Crippen LogP contribution in [0, 0.1) is 6.92 Å². The van der Waals surface area contributed by atoms with Crippen LogP contribution in [0.2, 0.25) is 0 Å². The average molecular weight is 259 g/mol. The normalized spacial score (nSPS) is 10.8. The molecule has 0 N–H and O–H groups in total. The number of pyridine rings is 1. The molecule has 2 rings (SSSR count). The molecule has 1 aromatic carbocycles. The van der Waals surface area contributed by atoms with Gasteiger partial charge >= 0.3 is 5.97 Å². The molecule has 1 aromatic heterocycles. The minimum absolute atomic E-state index is 0.0246. The van der Waals surface area contributed by atoms with Crippen molar-refractivity contribution in [1.82, 2.24) is 4.98 Å². The number of benzene rings is 1. The lowest BCUT2D eigenvalue weighted by Gasteiger charge is -2.13. The number of aromatic nitrogens is 1. The van der Waals surface area contributed by atoms with Crippen LogP contribution >= 0.6 is 0 Å². The number of ether oxygens (including phenoxy) is 2. The number of methoxy groups -OCH3 is 1. The van der Waals surface area contributed by atoms with Gasteiger partial charge in [-0.25, -0.2) is 9.78 Å². The maximum atomic E-state index is 11.6. The van der Waals surface area contributed by atoms with Gasteiger partial charge in [-0.05, 0) is 32.9 Å². The number of fused-ring (bicyclic) bond motifs is 1. The standard InChI is InChI=1S/C15H17NO3/c1-9(2)19-14-8-13(15(17)18-4)16-12-6-5-10(3)7-11(12)14/h5-9H,1-4H3. The van der Waals surface area contributed by atoms with Gasteiger partial charge in [-0.2, -0.15) is 0 Å². The Bertz CT molecular complexity index is 620. The lowest BCUT2D eigenvalue weighted by atomic mass is 10.1. The quantitative estimate of drug-likeness (QED) is 0.795. The first-order chi connectivity index (χ1) is 9.01. The summed E-state index contributed by atoms with van der Waals surface area (Å²) in [5.41, 5.74) is 2.10. The van der Waals surface area contributed by atoms with Crippen molar-refractivity contribution >= 4 is 16.9 Å². The summed E-state index contributed by atoms with van der Waals surface area (Å²) in [5.74, 6) is 0.195. The Morgan fingerprint density at radius 1 is 1.26 bits per heavy atom. The van der Waals surface area contributed by atoms with Gasteiger partial charge in [0.15, 0.2) is 5.69 Å². The maximum Gasteiger partial charge on any atom is 0.356 e. The molecule has 1 heterocycles. The lowest BCUT2D eigenvalue weighted by Crippen LogP contribution is -2.09. The average Bonchev–Trinajstić information content (AvgIpc) is 2.37. The lowest BCUT2D eigenvalue weighted by molar-refractivity contribution is 0.0593. The Morgan fingerprint density at radius 2 is 2.00 bits per heavy atom.